The van der Waals surface area contributed by atoms with Crippen molar-refractivity contribution in [1.82, 2.24) is 0 Å². The van der Waals surface area contributed by atoms with E-state index in [1.807, 2.05) is 24.3 Å². The van der Waals surface area contributed by atoms with Gasteiger partial charge < -0.3 is 5.32 Å². The zero-order chi connectivity index (χ0) is 16.3. The van der Waals surface area contributed by atoms with Gasteiger partial charge in [-0.25, -0.2) is 0 Å². The summed E-state index contributed by atoms with van der Waals surface area (Å²) in [5.41, 5.74) is 4.20. The van der Waals surface area contributed by atoms with Crippen LogP contribution >= 0.6 is 0 Å². The first kappa shape index (κ1) is 17.1. The molecule has 2 rings (SSSR count). The van der Waals surface area contributed by atoms with Gasteiger partial charge in [-0.2, -0.15) is 5.26 Å². The maximum absolute atomic E-state index is 8.84. The van der Waals surface area contributed by atoms with Crippen LogP contribution in [0.1, 0.15) is 51.0 Å². The van der Waals surface area contributed by atoms with E-state index in [4.69, 9.17) is 5.26 Å². The van der Waals surface area contributed by atoms with Crippen molar-refractivity contribution >= 4 is 5.69 Å². The van der Waals surface area contributed by atoms with Crippen molar-refractivity contribution in [1.29, 1.82) is 5.26 Å². The van der Waals surface area contributed by atoms with Crippen LogP contribution in [0.15, 0.2) is 48.5 Å². The van der Waals surface area contributed by atoms with Crippen LogP contribution in [0.3, 0.4) is 0 Å². The summed E-state index contributed by atoms with van der Waals surface area (Å²) < 4.78 is 0. The average Bonchev–Trinajstić information content (AvgIpc) is 2.61. The summed E-state index contributed by atoms with van der Waals surface area (Å²) in [6, 6.07) is 18.4. The molecule has 120 valence electrons. The quantitative estimate of drug-likeness (QED) is 0.577. The van der Waals surface area contributed by atoms with Crippen molar-refractivity contribution < 1.29 is 0 Å². The minimum Gasteiger partial charge on any atom is -0.385 e. The molecule has 0 atom stereocenters. The monoisotopic (exact) mass is 306 g/mol. The number of rotatable bonds is 9. The van der Waals surface area contributed by atoms with E-state index in [-0.39, 0.29) is 0 Å². The molecule has 0 amide bonds. The highest BCUT2D eigenvalue weighted by molar-refractivity contribution is 5.66. The lowest BCUT2D eigenvalue weighted by Crippen LogP contribution is -2.01. The average molecular weight is 306 g/mol. The fourth-order valence-electron chi connectivity index (χ4n) is 2.66. The van der Waals surface area contributed by atoms with E-state index < -0.39 is 0 Å². The highest BCUT2D eigenvalue weighted by Crippen LogP contribution is 2.22. The van der Waals surface area contributed by atoms with Crippen LogP contribution in [0.25, 0.3) is 11.1 Å². The van der Waals surface area contributed by atoms with E-state index >= 15 is 0 Å². The number of benzene rings is 2. The summed E-state index contributed by atoms with van der Waals surface area (Å²) in [7, 11) is 0. The van der Waals surface area contributed by atoms with Gasteiger partial charge in [0.15, 0.2) is 0 Å². The Labute approximate surface area is 140 Å². The molecule has 0 aliphatic rings. The van der Waals surface area contributed by atoms with Crippen molar-refractivity contribution in [2.75, 3.05) is 11.9 Å². The van der Waals surface area contributed by atoms with Crippen molar-refractivity contribution in [3.05, 3.63) is 54.1 Å². The maximum Gasteiger partial charge on any atom is 0.0991 e. The Hall–Kier alpha value is -2.27. The predicted molar refractivity (Wildman–Crippen MR) is 98.5 cm³/mol. The lowest BCUT2D eigenvalue weighted by molar-refractivity contribution is 0.617. The second-order valence-corrected chi connectivity index (χ2v) is 5.96. The van der Waals surface area contributed by atoms with Gasteiger partial charge >= 0.3 is 0 Å². The molecule has 0 saturated heterocycles. The Kier molecular flexibility index (Phi) is 7.20. The first-order chi connectivity index (χ1) is 11.3. The number of hydrogen-bond donors (Lipinski definition) is 1. The molecule has 0 radical (unpaired) electrons. The topological polar surface area (TPSA) is 35.8 Å². The molecule has 0 heterocycles. The highest BCUT2D eigenvalue weighted by Gasteiger charge is 1.99. The largest absolute Gasteiger partial charge is 0.385 e. The molecule has 0 bridgehead atoms. The summed E-state index contributed by atoms with van der Waals surface area (Å²) in [6.45, 7) is 3.30. The van der Waals surface area contributed by atoms with Gasteiger partial charge in [0, 0.05) is 12.2 Å². The van der Waals surface area contributed by atoms with Gasteiger partial charge in [0.25, 0.3) is 0 Å². The first-order valence-electron chi connectivity index (χ1n) is 8.68. The molecular weight excluding hydrogens is 280 g/mol. The minimum atomic E-state index is 0.700. The predicted octanol–water partition coefficient (Wildman–Crippen LogP) is 6.00. The Morgan fingerprint density at radius 3 is 1.96 bits per heavy atom. The molecule has 0 saturated carbocycles. The summed E-state index contributed by atoms with van der Waals surface area (Å²) in [5, 5.41) is 12.3. The minimum absolute atomic E-state index is 0.700. The molecule has 2 nitrogen and oxygen atoms in total. The van der Waals surface area contributed by atoms with Gasteiger partial charge in [-0.05, 0) is 41.8 Å². The number of nitrogens with zero attached hydrogens (tertiary/aromatic N) is 1. The smallest absolute Gasteiger partial charge is 0.0991 e. The lowest BCUT2D eigenvalue weighted by Gasteiger charge is -2.08. The van der Waals surface area contributed by atoms with Crippen LogP contribution < -0.4 is 5.32 Å². The third-order valence-electron chi connectivity index (χ3n) is 4.09. The summed E-state index contributed by atoms with van der Waals surface area (Å²) in [5.74, 6) is 0. The van der Waals surface area contributed by atoms with Gasteiger partial charge in [-0.15, -0.1) is 0 Å². The molecule has 0 aliphatic carbocycles. The molecule has 2 aromatic rings. The molecule has 0 aromatic heterocycles. The van der Waals surface area contributed by atoms with Gasteiger partial charge in [0.05, 0.1) is 11.6 Å². The number of nitriles is 1. The van der Waals surface area contributed by atoms with Gasteiger partial charge in [0.1, 0.15) is 0 Å². The van der Waals surface area contributed by atoms with Gasteiger partial charge in [-0.1, -0.05) is 63.3 Å². The SMILES string of the molecule is CCCCCCCCNc1ccc(-c2ccc(C#N)cc2)cc1. The van der Waals surface area contributed by atoms with Crippen molar-refractivity contribution in [2.45, 2.75) is 45.4 Å². The van der Waals surface area contributed by atoms with E-state index in [0.29, 0.717) is 5.56 Å². The Morgan fingerprint density at radius 1 is 0.783 bits per heavy atom. The van der Waals surface area contributed by atoms with E-state index in [2.05, 4.69) is 42.6 Å². The van der Waals surface area contributed by atoms with Crippen molar-refractivity contribution in [2.24, 2.45) is 0 Å². The standard InChI is InChI=1S/C21H26N2/c1-2-3-4-5-6-7-16-23-21-14-12-20(13-15-21)19-10-8-18(17-22)9-11-19/h8-15,23H,2-7,16H2,1H3. The normalized spacial score (nSPS) is 10.3. The van der Waals surface area contributed by atoms with Crippen LogP contribution in [0, 0.1) is 11.3 Å². The molecule has 0 spiro atoms. The first-order valence-corrected chi connectivity index (χ1v) is 8.68. The summed E-state index contributed by atoms with van der Waals surface area (Å²) in [4.78, 5) is 0. The number of anilines is 1. The zero-order valence-electron chi connectivity index (χ0n) is 14.0. The number of nitrogens with one attached hydrogen (secondary N) is 1. The maximum atomic E-state index is 8.84. The Bertz CT molecular complexity index is 606. The molecular formula is C21H26N2. The fourth-order valence-corrected chi connectivity index (χ4v) is 2.66. The second-order valence-electron chi connectivity index (χ2n) is 5.96. The van der Waals surface area contributed by atoms with Crippen molar-refractivity contribution in [3.8, 4) is 17.2 Å². The highest BCUT2D eigenvalue weighted by atomic mass is 14.9. The summed E-state index contributed by atoms with van der Waals surface area (Å²) >= 11 is 0. The fraction of sp³-hybridized carbons (Fsp3) is 0.381. The third-order valence-corrected chi connectivity index (χ3v) is 4.09. The lowest BCUT2D eigenvalue weighted by atomic mass is 10.0. The van der Waals surface area contributed by atoms with Crippen LogP contribution in [-0.4, -0.2) is 6.54 Å². The third kappa shape index (κ3) is 5.79. The van der Waals surface area contributed by atoms with Crippen LogP contribution in [0.4, 0.5) is 5.69 Å². The van der Waals surface area contributed by atoms with Crippen LogP contribution in [-0.2, 0) is 0 Å². The molecule has 23 heavy (non-hydrogen) atoms. The van der Waals surface area contributed by atoms with Crippen LogP contribution in [0.2, 0.25) is 0 Å². The Morgan fingerprint density at radius 2 is 1.35 bits per heavy atom. The van der Waals surface area contributed by atoms with E-state index in [9.17, 15) is 0 Å². The molecule has 2 heteroatoms. The van der Waals surface area contributed by atoms with E-state index in [1.54, 1.807) is 0 Å². The number of unbranched alkanes of at least 4 members (excludes halogenated alkanes) is 5. The molecule has 1 N–H and O–H groups in total. The Balaban J connectivity index is 1.77. The second kappa shape index (κ2) is 9.69. The zero-order valence-corrected chi connectivity index (χ0v) is 14.0. The van der Waals surface area contributed by atoms with Crippen LogP contribution in [0.5, 0.6) is 0 Å². The number of hydrogen-bond acceptors (Lipinski definition) is 2. The van der Waals surface area contributed by atoms with E-state index in [1.165, 1.54) is 49.8 Å². The van der Waals surface area contributed by atoms with Crippen molar-refractivity contribution in [3.63, 3.8) is 0 Å². The molecule has 0 aliphatic heterocycles. The van der Waals surface area contributed by atoms with Gasteiger partial charge in [-0.3, -0.25) is 0 Å². The molecule has 2 aromatic carbocycles. The molecule has 0 fully saturated rings. The molecule has 0 unspecified atom stereocenters. The summed E-state index contributed by atoms with van der Waals surface area (Å²) in [6.07, 6.45) is 7.95. The van der Waals surface area contributed by atoms with E-state index in [0.717, 1.165) is 12.1 Å². The van der Waals surface area contributed by atoms with Gasteiger partial charge in [0.2, 0.25) is 0 Å².